The van der Waals surface area contributed by atoms with Crippen LogP contribution in [-0.2, 0) is 20.9 Å². The fourth-order valence-corrected chi connectivity index (χ4v) is 1.87. The van der Waals surface area contributed by atoms with Crippen molar-refractivity contribution in [2.75, 3.05) is 6.61 Å². The summed E-state index contributed by atoms with van der Waals surface area (Å²) in [5, 5.41) is 9.92. The highest BCUT2D eigenvalue weighted by molar-refractivity contribution is 5.76. The van der Waals surface area contributed by atoms with Crippen LogP contribution in [0.2, 0.25) is 0 Å². The molecule has 22 heavy (non-hydrogen) atoms. The number of hydrogen-bond acceptors (Lipinski definition) is 5. The van der Waals surface area contributed by atoms with Crippen LogP contribution in [0.25, 0.3) is 0 Å². The van der Waals surface area contributed by atoms with Crippen molar-refractivity contribution in [3.8, 4) is 0 Å². The molecule has 3 N–H and O–H groups in total. The second kappa shape index (κ2) is 8.88. The van der Waals surface area contributed by atoms with Crippen molar-refractivity contribution < 1.29 is 19.4 Å². The maximum absolute atomic E-state index is 11.7. The van der Waals surface area contributed by atoms with Crippen LogP contribution in [0, 0.1) is 0 Å². The van der Waals surface area contributed by atoms with Crippen LogP contribution in [0.3, 0.4) is 0 Å². The molecule has 0 aliphatic carbocycles. The van der Waals surface area contributed by atoms with Crippen molar-refractivity contribution in [2.24, 2.45) is 5.73 Å². The molecule has 0 unspecified atom stereocenters. The molecule has 1 rings (SSSR count). The normalized spacial score (nSPS) is 14.4. The van der Waals surface area contributed by atoms with E-state index in [0.29, 0.717) is 26.1 Å². The molecule has 1 aromatic carbocycles. The summed E-state index contributed by atoms with van der Waals surface area (Å²) in [5.74, 6) is -0.579. The standard InChI is InChI=1S/C17H27NO4/c1-17(2,3)22-16(20)15(18)14(19)10-7-11-21-12-13-8-5-4-6-9-13/h4-6,8-9,14-15,19H,7,10-12,18H2,1-3H3/t14-,15+/m1/s1. The topological polar surface area (TPSA) is 81.8 Å². The summed E-state index contributed by atoms with van der Waals surface area (Å²) in [7, 11) is 0. The number of hydrogen-bond donors (Lipinski definition) is 2. The third kappa shape index (κ3) is 7.54. The van der Waals surface area contributed by atoms with E-state index in [-0.39, 0.29) is 0 Å². The number of ether oxygens (including phenoxy) is 2. The number of aliphatic hydroxyl groups excluding tert-OH is 1. The first-order chi connectivity index (χ1) is 10.3. The fraction of sp³-hybridized carbons (Fsp3) is 0.588. The number of aliphatic hydroxyl groups is 1. The molecule has 0 radical (unpaired) electrons. The molecule has 124 valence electrons. The number of rotatable bonds is 8. The molecule has 0 spiro atoms. The van der Waals surface area contributed by atoms with Crippen molar-refractivity contribution >= 4 is 5.97 Å². The first-order valence-electron chi connectivity index (χ1n) is 7.58. The average Bonchev–Trinajstić information content (AvgIpc) is 2.45. The van der Waals surface area contributed by atoms with Crippen molar-refractivity contribution in [2.45, 2.75) is 58.0 Å². The summed E-state index contributed by atoms with van der Waals surface area (Å²) in [6.45, 7) is 6.34. The molecule has 0 aromatic heterocycles. The van der Waals surface area contributed by atoms with Gasteiger partial charge in [-0.25, -0.2) is 0 Å². The Bertz CT molecular complexity index is 442. The molecule has 0 saturated heterocycles. The van der Waals surface area contributed by atoms with Crippen molar-refractivity contribution in [1.82, 2.24) is 0 Å². The lowest BCUT2D eigenvalue weighted by Gasteiger charge is -2.24. The Morgan fingerprint density at radius 1 is 1.27 bits per heavy atom. The zero-order chi connectivity index (χ0) is 16.6. The minimum absolute atomic E-state index is 0.398. The van der Waals surface area contributed by atoms with Gasteiger partial charge in [0.2, 0.25) is 0 Å². The quantitative estimate of drug-likeness (QED) is 0.567. The minimum Gasteiger partial charge on any atom is -0.459 e. The Labute approximate surface area is 132 Å². The number of nitrogens with two attached hydrogens (primary N) is 1. The second-order valence-electron chi connectivity index (χ2n) is 6.31. The maximum atomic E-state index is 11.7. The number of benzene rings is 1. The Kier molecular flexibility index (Phi) is 7.51. The highest BCUT2D eigenvalue weighted by Gasteiger charge is 2.27. The van der Waals surface area contributed by atoms with Gasteiger partial charge in [0.15, 0.2) is 0 Å². The number of esters is 1. The molecule has 5 nitrogen and oxygen atoms in total. The van der Waals surface area contributed by atoms with Crippen LogP contribution >= 0.6 is 0 Å². The first-order valence-corrected chi connectivity index (χ1v) is 7.58. The van der Waals surface area contributed by atoms with Gasteiger partial charge in [0, 0.05) is 6.61 Å². The van der Waals surface area contributed by atoms with Crippen molar-refractivity contribution in [3.63, 3.8) is 0 Å². The summed E-state index contributed by atoms with van der Waals surface area (Å²) >= 11 is 0. The predicted octanol–water partition coefficient (Wildman–Crippen LogP) is 2.01. The van der Waals surface area contributed by atoms with Gasteiger partial charge in [0.25, 0.3) is 0 Å². The summed E-state index contributed by atoms with van der Waals surface area (Å²) < 4.78 is 10.7. The third-order valence-corrected chi connectivity index (χ3v) is 2.99. The Hall–Kier alpha value is -1.43. The van der Waals surface area contributed by atoms with Gasteiger partial charge >= 0.3 is 5.97 Å². The molecular weight excluding hydrogens is 282 g/mol. The van der Waals surface area contributed by atoms with Gasteiger partial charge in [0.1, 0.15) is 11.6 Å². The van der Waals surface area contributed by atoms with E-state index in [9.17, 15) is 9.90 Å². The SMILES string of the molecule is CC(C)(C)OC(=O)[C@@H](N)[C@H](O)CCCOCc1ccccc1. The Morgan fingerprint density at radius 2 is 1.91 bits per heavy atom. The lowest BCUT2D eigenvalue weighted by Crippen LogP contribution is -2.45. The predicted molar refractivity (Wildman–Crippen MR) is 85.2 cm³/mol. The molecule has 0 amide bonds. The summed E-state index contributed by atoms with van der Waals surface area (Å²) in [6, 6.07) is 8.84. The number of carbonyl (C=O) groups is 1. The Balaban J connectivity index is 2.19. The van der Waals surface area contributed by atoms with E-state index >= 15 is 0 Å². The van der Waals surface area contributed by atoms with Gasteiger partial charge in [-0.3, -0.25) is 4.79 Å². The van der Waals surface area contributed by atoms with Crippen molar-refractivity contribution in [1.29, 1.82) is 0 Å². The largest absolute Gasteiger partial charge is 0.459 e. The van der Waals surface area contributed by atoms with Crippen LogP contribution in [-0.4, -0.2) is 35.4 Å². The number of carbonyl (C=O) groups excluding carboxylic acids is 1. The lowest BCUT2D eigenvalue weighted by atomic mass is 10.1. The molecule has 5 heteroatoms. The maximum Gasteiger partial charge on any atom is 0.326 e. The molecule has 0 fully saturated rings. The zero-order valence-corrected chi connectivity index (χ0v) is 13.6. The molecule has 0 bridgehead atoms. The van der Waals surface area contributed by atoms with E-state index in [0.717, 1.165) is 5.56 Å². The van der Waals surface area contributed by atoms with Crippen molar-refractivity contribution in [3.05, 3.63) is 35.9 Å². The second-order valence-corrected chi connectivity index (χ2v) is 6.31. The summed E-state index contributed by atoms with van der Waals surface area (Å²) in [6.07, 6.45) is 0.106. The van der Waals surface area contributed by atoms with Gasteiger partial charge in [-0.2, -0.15) is 0 Å². The molecule has 2 atom stereocenters. The Morgan fingerprint density at radius 3 is 2.50 bits per heavy atom. The van der Waals surface area contributed by atoms with E-state index in [4.69, 9.17) is 15.2 Å². The van der Waals surface area contributed by atoms with E-state index in [2.05, 4.69) is 0 Å². The molecule has 0 heterocycles. The van der Waals surface area contributed by atoms with E-state index in [1.54, 1.807) is 20.8 Å². The lowest BCUT2D eigenvalue weighted by molar-refractivity contribution is -0.159. The summed E-state index contributed by atoms with van der Waals surface area (Å²) in [4.78, 5) is 11.7. The molecule has 0 saturated carbocycles. The van der Waals surface area contributed by atoms with Crippen LogP contribution in [0.1, 0.15) is 39.2 Å². The van der Waals surface area contributed by atoms with E-state index in [1.165, 1.54) is 0 Å². The smallest absolute Gasteiger partial charge is 0.326 e. The van der Waals surface area contributed by atoms with Crippen LogP contribution in [0.5, 0.6) is 0 Å². The van der Waals surface area contributed by atoms with Crippen LogP contribution in [0.4, 0.5) is 0 Å². The van der Waals surface area contributed by atoms with E-state index < -0.39 is 23.7 Å². The monoisotopic (exact) mass is 309 g/mol. The van der Waals surface area contributed by atoms with Crippen LogP contribution < -0.4 is 5.73 Å². The highest BCUT2D eigenvalue weighted by atomic mass is 16.6. The summed E-state index contributed by atoms with van der Waals surface area (Å²) in [5.41, 5.74) is 6.21. The first kappa shape index (κ1) is 18.6. The zero-order valence-electron chi connectivity index (χ0n) is 13.6. The molecule has 0 aliphatic heterocycles. The average molecular weight is 309 g/mol. The molecule has 1 aromatic rings. The van der Waals surface area contributed by atoms with Gasteiger partial charge in [-0.05, 0) is 39.2 Å². The van der Waals surface area contributed by atoms with Gasteiger partial charge in [0.05, 0.1) is 12.7 Å². The van der Waals surface area contributed by atoms with Gasteiger partial charge in [-0.15, -0.1) is 0 Å². The van der Waals surface area contributed by atoms with Crippen LogP contribution in [0.15, 0.2) is 30.3 Å². The fourth-order valence-electron chi connectivity index (χ4n) is 1.87. The van der Waals surface area contributed by atoms with Gasteiger partial charge < -0.3 is 20.3 Å². The highest BCUT2D eigenvalue weighted by Crippen LogP contribution is 2.11. The third-order valence-electron chi connectivity index (χ3n) is 2.99. The van der Waals surface area contributed by atoms with E-state index in [1.807, 2.05) is 30.3 Å². The van der Waals surface area contributed by atoms with Gasteiger partial charge in [-0.1, -0.05) is 30.3 Å². The molecule has 0 aliphatic rings. The molecular formula is C17H27NO4. The minimum atomic E-state index is -1.02.